The molecule has 1 aliphatic heterocycles. The van der Waals surface area contributed by atoms with E-state index in [4.69, 9.17) is 20.3 Å². The van der Waals surface area contributed by atoms with E-state index in [0.29, 0.717) is 16.1 Å². The van der Waals surface area contributed by atoms with Gasteiger partial charge in [0.05, 0.1) is 24.2 Å². The minimum absolute atomic E-state index is 0.0704. The lowest BCUT2D eigenvalue weighted by Crippen LogP contribution is -2.30. The molecule has 0 aliphatic carbocycles. The van der Waals surface area contributed by atoms with Crippen molar-refractivity contribution in [2.75, 3.05) is 12.3 Å². The van der Waals surface area contributed by atoms with Crippen LogP contribution in [0.2, 0.25) is 0 Å². The van der Waals surface area contributed by atoms with Crippen molar-refractivity contribution in [2.24, 2.45) is 5.14 Å². The van der Waals surface area contributed by atoms with Crippen LogP contribution >= 0.6 is 11.8 Å². The van der Waals surface area contributed by atoms with Crippen LogP contribution in [0, 0.1) is 0 Å². The second-order valence-corrected chi connectivity index (χ2v) is 9.94. The van der Waals surface area contributed by atoms with Crippen molar-refractivity contribution in [3.05, 3.63) is 30.6 Å². The minimum Gasteiger partial charge on any atom is -0.491 e. The molecule has 4 rings (SSSR count). The van der Waals surface area contributed by atoms with Crippen LogP contribution in [-0.4, -0.2) is 58.2 Å². The average Bonchev–Trinajstić information content (AvgIpc) is 3.28. The van der Waals surface area contributed by atoms with E-state index in [1.54, 1.807) is 0 Å². The Balaban J connectivity index is 1.60. The number of rotatable bonds is 8. The van der Waals surface area contributed by atoms with Crippen LogP contribution in [-0.2, 0) is 19.2 Å². The first-order chi connectivity index (χ1) is 15.6. The van der Waals surface area contributed by atoms with E-state index in [1.807, 2.05) is 38.1 Å². The first-order valence-electron chi connectivity index (χ1n) is 10.0. The predicted molar refractivity (Wildman–Crippen MR) is 120 cm³/mol. The topological polar surface area (TPSA) is 178 Å². The maximum Gasteiger partial charge on any atom is 0.333 e. The van der Waals surface area contributed by atoms with Crippen molar-refractivity contribution in [1.29, 1.82) is 0 Å². The SMILES string of the molecule is CC(C)Oc1ccc(Sc2nn([C@H]3C[C@H](O)[C@@H](COS(N)(=O)=O)O3)c3ncnc(N)c23)cc1. The molecule has 0 unspecified atom stereocenters. The summed E-state index contributed by atoms with van der Waals surface area (Å²) in [5.41, 5.74) is 6.55. The summed E-state index contributed by atoms with van der Waals surface area (Å²) in [4.78, 5) is 9.27. The maximum atomic E-state index is 11.1. The molecule has 1 fully saturated rings. The number of aliphatic hydroxyl groups is 1. The molecular formula is C19H24N6O6S2. The van der Waals surface area contributed by atoms with E-state index < -0.39 is 35.3 Å². The molecule has 2 aromatic heterocycles. The summed E-state index contributed by atoms with van der Waals surface area (Å²) < 4.78 is 39.7. The summed E-state index contributed by atoms with van der Waals surface area (Å²) in [6.07, 6.45) is -1.08. The second-order valence-electron chi connectivity index (χ2n) is 7.66. The smallest absolute Gasteiger partial charge is 0.333 e. The van der Waals surface area contributed by atoms with Gasteiger partial charge in [0, 0.05) is 11.3 Å². The van der Waals surface area contributed by atoms with Crippen molar-refractivity contribution in [2.45, 2.75) is 54.7 Å². The molecule has 14 heteroatoms. The van der Waals surface area contributed by atoms with Crippen LogP contribution < -0.4 is 15.6 Å². The molecule has 33 heavy (non-hydrogen) atoms. The molecule has 3 atom stereocenters. The molecule has 0 saturated carbocycles. The second kappa shape index (κ2) is 9.40. The molecular weight excluding hydrogens is 472 g/mol. The van der Waals surface area contributed by atoms with Crippen LogP contribution in [0.1, 0.15) is 26.5 Å². The van der Waals surface area contributed by atoms with Crippen molar-refractivity contribution < 1.29 is 27.2 Å². The highest BCUT2D eigenvalue weighted by atomic mass is 32.2. The third kappa shape index (κ3) is 5.54. The first-order valence-corrected chi connectivity index (χ1v) is 12.3. The molecule has 5 N–H and O–H groups in total. The van der Waals surface area contributed by atoms with E-state index >= 15 is 0 Å². The van der Waals surface area contributed by atoms with Gasteiger partial charge in [-0.05, 0) is 38.1 Å². The fraction of sp³-hybridized carbons (Fsp3) is 0.421. The quantitative estimate of drug-likeness (QED) is 0.408. The van der Waals surface area contributed by atoms with Crippen molar-refractivity contribution in [1.82, 2.24) is 19.7 Å². The molecule has 0 radical (unpaired) electrons. The highest BCUT2D eigenvalue weighted by Crippen LogP contribution is 2.38. The Morgan fingerprint density at radius 2 is 2.03 bits per heavy atom. The predicted octanol–water partition coefficient (Wildman–Crippen LogP) is 1.22. The Morgan fingerprint density at radius 1 is 1.30 bits per heavy atom. The Kier molecular flexibility index (Phi) is 6.74. The van der Waals surface area contributed by atoms with Gasteiger partial charge < -0.3 is 20.3 Å². The summed E-state index contributed by atoms with van der Waals surface area (Å²) in [6, 6.07) is 7.55. The van der Waals surface area contributed by atoms with Gasteiger partial charge in [-0.3, -0.25) is 4.18 Å². The van der Waals surface area contributed by atoms with Gasteiger partial charge in [-0.15, -0.1) is 0 Å². The van der Waals surface area contributed by atoms with Crippen LogP contribution in [0.15, 0.2) is 40.5 Å². The third-order valence-corrected chi connectivity index (χ3v) is 6.22. The van der Waals surface area contributed by atoms with Gasteiger partial charge in [0.15, 0.2) is 11.9 Å². The number of hydrogen-bond acceptors (Lipinski definition) is 11. The van der Waals surface area contributed by atoms with E-state index in [-0.39, 0.29) is 18.3 Å². The molecule has 178 valence electrons. The highest BCUT2D eigenvalue weighted by molar-refractivity contribution is 7.99. The first kappa shape index (κ1) is 23.7. The zero-order valence-electron chi connectivity index (χ0n) is 17.9. The summed E-state index contributed by atoms with van der Waals surface area (Å²) in [7, 11) is -4.16. The normalized spacial score (nSPS) is 21.2. The van der Waals surface area contributed by atoms with Gasteiger partial charge in [-0.2, -0.15) is 13.5 Å². The molecule has 1 aromatic carbocycles. The van der Waals surface area contributed by atoms with Gasteiger partial charge in [0.25, 0.3) is 0 Å². The number of aromatic nitrogens is 4. The van der Waals surface area contributed by atoms with Crippen LogP contribution in [0.3, 0.4) is 0 Å². The molecule has 1 saturated heterocycles. The van der Waals surface area contributed by atoms with E-state index in [2.05, 4.69) is 19.2 Å². The molecule has 3 aromatic rings. The fourth-order valence-electron chi connectivity index (χ4n) is 3.38. The van der Waals surface area contributed by atoms with E-state index in [9.17, 15) is 13.5 Å². The lowest BCUT2D eigenvalue weighted by Gasteiger charge is -2.14. The van der Waals surface area contributed by atoms with Gasteiger partial charge in [-0.1, -0.05) is 11.8 Å². The van der Waals surface area contributed by atoms with Crippen molar-refractivity contribution >= 4 is 38.9 Å². The summed E-state index contributed by atoms with van der Waals surface area (Å²) in [5, 5.41) is 20.9. The zero-order valence-corrected chi connectivity index (χ0v) is 19.5. The number of nitrogens with two attached hydrogens (primary N) is 2. The standard InChI is InChI=1S/C19H24N6O6S2/c1-10(2)30-11-3-5-12(6-4-11)32-19-16-17(20)22-9-23-18(16)25(24-19)15-7-13(26)14(31-15)8-29-33(21,27)28/h3-6,9-10,13-15,26H,7-8H2,1-2H3,(H2,20,22,23)(H2,21,27,28)/t13-,14+,15+/m0/s1. The van der Waals surface area contributed by atoms with Crippen LogP contribution in [0.5, 0.6) is 5.75 Å². The highest BCUT2D eigenvalue weighted by Gasteiger charge is 2.38. The Labute approximate surface area is 194 Å². The Morgan fingerprint density at radius 3 is 2.70 bits per heavy atom. The Bertz CT molecular complexity index is 1230. The molecule has 0 spiro atoms. The van der Waals surface area contributed by atoms with E-state index in [0.717, 1.165) is 10.6 Å². The number of nitrogen functional groups attached to an aromatic ring is 1. The molecule has 0 bridgehead atoms. The maximum absolute atomic E-state index is 11.1. The number of aliphatic hydroxyl groups excluding tert-OH is 1. The molecule has 3 heterocycles. The fourth-order valence-corrected chi connectivity index (χ4v) is 4.63. The van der Waals surface area contributed by atoms with E-state index in [1.165, 1.54) is 22.8 Å². The number of nitrogens with zero attached hydrogens (tertiary/aromatic N) is 4. The zero-order chi connectivity index (χ0) is 23.8. The van der Waals surface area contributed by atoms with Crippen molar-refractivity contribution in [3.63, 3.8) is 0 Å². The number of anilines is 1. The average molecular weight is 497 g/mol. The van der Waals surface area contributed by atoms with Crippen LogP contribution in [0.25, 0.3) is 11.0 Å². The number of hydrogen-bond donors (Lipinski definition) is 3. The van der Waals surface area contributed by atoms with Gasteiger partial charge >= 0.3 is 10.3 Å². The van der Waals surface area contributed by atoms with Gasteiger partial charge in [0.1, 0.15) is 29.0 Å². The van der Waals surface area contributed by atoms with Crippen molar-refractivity contribution in [3.8, 4) is 5.75 Å². The van der Waals surface area contributed by atoms with Gasteiger partial charge in [0.2, 0.25) is 0 Å². The number of benzene rings is 1. The molecule has 0 amide bonds. The summed E-state index contributed by atoms with van der Waals surface area (Å²) in [5.74, 6) is 1.01. The Hall–Kier alpha value is -2.49. The summed E-state index contributed by atoms with van der Waals surface area (Å²) in [6.45, 7) is 3.50. The molecule has 12 nitrogen and oxygen atoms in total. The van der Waals surface area contributed by atoms with Gasteiger partial charge in [-0.25, -0.2) is 19.8 Å². The lowest BCUT2D eigenvalue weighted by atomic mass is 10.2. The molecule has 1 aliphatic rings. The largest absolute Gasteiger partial charge is 0.491 e. The minimum atomic E-state index is -4.16. The van der Waals surface area contributed by atoms with Crippen LogP contribution in [0.4, 0.5) is 5.82 Å². The number of ether oxygens (including phenoxy) is 2. The lowest BCUT2D eigenvalue weighted by molar-refractivity contribution is -0.0415. The summed E-state index contributed by atoms with van der Waals surface area (Å²) >= 11 is 1.37. The number of fused-ring (bicyclic) bond motifs is 1. The third-order valence-electron chi connectivity index (χ3n) is 4.77. The monoisotopic (exact) mass is 496 g/mol.